The van der Waals surface area contributed by atoms with Gasteiger partial charge in [-0.15, -0.1) is 0 Å². The molecule has 1 saturated heterocycles. The maximum atomic E-state index is 14.5. The Morgan fingerprint density at radius 2 is 2.15 bits per heavy atom. The monoisotopic (exact) mass is 457 g/mol. The summed E-state index contributed by atoms with van der Waals surface area (Å²) in [6.07, 6.45) is 0.610. The van der Waals surface area contributed by atoms with Gasteiger partial charge >= 0.3 is 0 Å². The molecule has 3 heterocycles. The van der Waals surface area contributed by atoms with Gasteiger partial charge in [0.2, 0.25) is 5.91 Å². The molecule has 1 N–H and O–H groups in total. The number of hydrogen-bond donors (Lipinski definition) is 1. The van der Waals surface area contributed by atoms with Crippen molar-refractivity contribution >= 4 is 34.1 Å². The van der Waals surface area contributed by atoms with E-state index >= 15 is 0 Å². The summed E-state index contributed by atoms with van der Waals surface area (Å²) in [5.74, 6) is -1.61. The summed E-state index contributed by atoms with van der Waals surface area (Å²) in [4.78, 5) is 12.3. The van der Waals surface area contributed by atoms with Crippen molar-refractivity contribution in [2.75, 3.05) is 13.2 Å². The van der Waals surface area contributed by atoms with E-state index in [2.05, 4.69) is 21.2 Å². The normalized spacial score (nSPS) is 19.0. The first-order valence-electron chi connectivity index (χ1n) is 8.64. The van der Waals surface area contributed by atoms with Crippen LogP contribution in [0.3, 0.4) is 0 Å². The predicted molar refractivity (Wildman–Crippen MR) is 101 cm³/mol. The Labute approximate surface area is 168 Å². The fourth-order valence-electron chi connectivity index (χ4n) is 3.78. The van der Waals surface area contributed by atoms with Crippen LogP contribution in [-0.4, -0.2) is 34.3 Å². The number of nitrogens with one attached hydrogen (secondary N) is 1. The number of aromatic nitrogens is 2. The van der Waals surface area contributed by atoms with E-state index in [1.54, 1.807) is 0 Å². The van der Waals surface area contributed by atoms with Crippen molar-refractivity contribution < 1.29 is 18.3 Å². The van der Waals surface area contributed by atoms with E-state index in [9.17, 15) is 13.6 Å². The number of benzene rings is 1. The number of hydrogen-bond acceptors (Lipinski definition) is 3. The summed E-state index contributed by atoms with van der Waals surface area (Å²) in [5.41, 5.74) is 1.72. The van der Waals surface area contributed by atoms with Crippen molar-refractivity contribution in [2.45, 2.75) is 31.3 Å². The van der Waals surface area contributed by atoms with E-state index in [4.69, 9.17) is 17.0 Å². The molecule has 0 spiro atoms. The first-order chi connectivity index (χ1) is 12.9. The number of halogens is 3. The summed E-state index contributed by atoms with van der Waals surface area (Å²) in [6, 6.07) is 2.68. The fraction of sp³-hybridized carbons (Fsp3) is 0.444. The number of nitrogens with zero attached hydrogens (tertiary/aromatic N) is 2. The predicted octanol–water partition coefficient (Wildman–Crippen LogP) is 2.99. The van der Waals surface area contributed by atoms with Gasteiger partial charge in [-0.3, -0.25) is 4.79 Å². The molecule has 2 aliphatic rings. The second-order valence-corrected chi connectivity index (χ2v) is 8.20. The molecule has 27 heavy (non-hydrogen) atoms. The Bertz CT molecular complexity index is 984. The van der Waals surface area contributed by atoms with E-state index in [-0.39, 0.29) is 34.3 Å². The van der Waals surface area contributed by atoms with Gasteiger partial charge in [0.05, 0.1) is 30.1 Å². The molecule has 1 atom stereocenters. The number of carbonyl (C=O) groups is 1. The number of amides is 1. The van der Waals surface area contributed by atoms with Gasteiger partial charge in [0.1, 0.15) is 11.6 Å². The summed E-state index contributed by atoms with van der Waals surface area (Å²) in [5, 5.41) is 2.91. The second kappa shape index (κ2) is 7.10. The van der Waals surface area contributed by atoms with Crippen molar-refractivity contribution in [1.82, 2.24) is 14.5 Å². The van der Waals surface area contributed by atoms with Gasteiger partial charge in [0.15, 0.2) is 4.77 Å². The zero-order valence-corrected chi connectivity index (χ0v) is 17.0. The third kappa shape index (κ3) is 3.25. The summed E-state index contributed by atoms with van der Waals surface area (Å²) < 4.78 is 38.4. The minimum atomic E-state index is -0.578. The van der Waals surface area contributed by atoms with Crippen LogP contribution < -0.4 is 5.32 Å². The van der Waals surface area contributed by atoms with Gasteiger partial charge in [-0.2, -0.15) is 0 Å². The maximum Gasteiger partial charge on any atom is 0.226 e. The average molecular weight is 458 g/mol. The Morgan fingerprint density at radius 1 is 1.41 bits per heavy atom. The summed E-state index contributed by atoms with van der Waals surface area (Å²) in [6.45, 7) is 1.45. The molecular formula is C18H18BrF2N3O2S. The van der Waals surface area contributed by atoms with E-state index in [1.165, 1.54) is 12.1 Å². The van der Waals surface area contributed by atoms with Crippen LogP contribution in [0.5, 0.6) is 0 Å². The first-order valence-corrected chi connectivity index (χ1v) is 9.84. The van der Waals surface area contributed by atoms with Gasteiger partial charge in [-0.1, -0.05) is 0 Å². The average Bonchev–Trinajstić information content (AvgIpc) is 3.10. The zero-order chi connectivity index (χ0) is 19.3. The Hall–Kier alpha value is -1.58. The number of fused-ring (bicyclic) bond motifs is 1. The molecule has 1 aromatic heterocycles. The molecule has 0 unspecified atom stereocenters. The highest BCUT2D eigenvalue weighted by Crippen LogP contribution is 2.37. The van der Waals surface area contributed by atoms with E-state index in [1.807, 2.05) is 16.2 Å². The first kappa shape index (κ1) is 18.8. The molecule has 2 aliphatic heterocycles. The van der Waals surface area contributed by atoms with Crippen molar-refractivity contribution in [3.8, 4) is 0 Å². The smallest absolute Gasteiger partial charge is 0.226 e. The van der Waals surface area contributed by atoms with Gasteiger partial charge in [-0.05, 0) is 46.7 Å². The van der Waals surface area contributed by atoms with Gasteiger partial charge in [0, 0.05) is 36.5 Å². The highest BCUT2D eigenvalue weighted by Gasteiger charge is 2.33. The van der Waals surface area contributed by atoms with Gasteiger partial charge in [-0.25, -0.2) is 8.78 Å². The molecular weight excluding hydrogens is 440 g/mol. The van der Waals surface area contributed by atoms with Crippen LogP contribution >= 0.6 is 28.1 Å². The van der Waals surface area contributed by atoms with Crippen LogP contribution in [0.2, 0.25) is 0 Å². The molecule has 0 saturated carbocycles. The quantitative estimate of drug-likeness (QED) is 0.566. The van der Waals surface area contributed by atoms with Crippen molar-refractivity contribution in [2.24, 2.45) is 7.05 Å². The van der Waals surface area contributed by atoms with E-state index < -0.39 is 11.6 Å². The van der Waals surface area contributed by atoms with Crippen molar-refractivity contribution in [3.05, 3.63) is 50.0 Å². The lowest BCUT2D eigenvalue weighted by atomic mass is 9.95. The number of imidazole rings is 1. The number of carbonyl (C=O) groups excluding carboxylic acids is 1. The molecule has 2 aromatic rings. The fourth-order valence-corrected chi connectivity index (χ4v) is 4.42. The summed E-state index contributed by atoms with van der Waals surface area (Å²) in [7, 11) is 1.82. The molecule has 4 rings (SSSR count). The topological polar surface area (TPSA) is 48.2 Å². The Kier molecular flexibility index (Phi) is 4.94. The van der Waals surface area contributed by atoms with Gasteiger partial charge < -0.3 is 19.2 Å². The lowest BCUT2D eigenvalue weighted by Gasteiger charge is -2.26. The lowest BCUT2D eigenvalue weighted by molar-refractivity contribution is -0.124. The van der Waals surface area contributed by atoms with Crippen LogP contribution in [0.1, 0.15) is 22.9 Å². The number of rotatable bonds is 4. The highest BCUT2D eigenvalue weighted by molar-refractivity contribution is 9.10. The third-order valence-electron chi connectivity index (χ3n) is 5.24. The van der Waals surface area contributed by atoms with E-state index in [0.717, 1.165) is 11.4 Å². The minimum Gasteiger partial charge on any atom is -0.377 e. The van der Waals surface area contributed by atoms with Crippen LogP contribution in [-0.2, 0) is 36.0 Å². The molecule has 0 aliphatic carbocycles. The third-order valence-corrected chi connectivity index (χ3v) is 6.35. The Balaban J connectivity index is 1.62. The van der Waals surface area contributed by atoms with E-state index in [0.29, 0.717) is 31.0 Å². The molecule has 0 radical (unpaired) electrons. The molecule has 1 amide bonds. The molecule has 144 valence electrons. The van der Waals surface area contributed by atoms with Crippen molar-refractivity contribution in [1.29, 1.82) is 0 Å². The molecule has 1 fully saturated rings. The SMILES string of the molecule is Cn1c(CC(=O)NC2COC2)c2n(c1=S)C[C@H](c1c(F)ccc(Br)c1F)C2. The molecule has 5 nitrogen and oxygen atoms in total. The molecule has 0 bridgehead atoms. The highest BCUT2D eigenvalue weighted by atomic mass is 79.9. The van der Waals surface area contributed by atoms with Crippen LogP contribution in [0.15, 0.2) is 16.6 Å². The molecule has 1 aromatic carbocycles. The Morgan fingerprint density at radius 3 is 2.81 bits per heavy atom. The standard InChI is InChI=1S/C18H18BrF2N3O2S/c1-23-13(5-15(25)22-10-7-26-8-10)14-4-9(6-24(14)18(23)27)16-12(20)3-2-11(19)17(16)21/h2-3,9-10H,4-8H2,1H3,(H,22,25)/t9-/m1/s1. The second-order valence-electron chi connectivity index (χ2n) is 6.98. The van der Waals surface area contributed by atoms with Crippen LogP contribution in [0.4, 0.5) is 8.78 Å². The minimum absolute atomic E-state index is 0.0547. The van der Waals surface area contributed by atoms with Crippen LogP contribution in [0.25, 0.3) is 0 Å². The lowest BCUT2D eigenvalue weighted by Crippen LogP contribution is -2.49. The number of ether oxygens (including phenoxy) is 1. The molecule has 9 heteroatoms. The largest absolute Gasteiger partial charge is 0.377 e. The summed E-state index contributed by atoms with van der Waals surface area (Å²) >= 11 is 8.61. The zero-order valence-electron chi connectivity index (χ0n) is 14.6. The van der Waals surface area contributed by atoms with Crippen molar-refractivity contribution in [3.63, 3.8) is 0 Å². The van der Waals surface area contributed by atoms with Crippen LogP contribution in [0, 0.1) is 16.4 Å². The van der Waals surface area contributed by atoms with Gasteiger partial charge in [0.25, 0.3) is 0 Å². The maximum absolute atomic E-state index is 14.5.